The Morgan fingerprint density at radius 1 is 1.18 bits per heavy atom. The smallest absolute Gasteiger partial charge is 0.339 e. The molecule has 0 aliphatic carbocycles. The number of carbonyl (C=O) groups is 1. The van der Waals surface area contributed by atoms with Gasteiger partial charge in [0.25, 0.3) is 11.5 Å². The number of carboxylic acids is 1. The van der Waals surface area contributed by atoms with Gasteiger partial charge in [0.2, 0.25) is 0 Å². The maximum atomic E-state index is 14.3. The maximum Gasteiger partial charge on any atom is 0.339 e. The van der Waals surface area contributed by atoms with E-state index in [1.807, 2.05) is 0 Å². The molecule has 0 saturated carbocycles. The van der Waals surface area contributed by atoms with Crippen molar-refractivity contribution in [3.8, 4) is 0 Å². The maximum absolute atomic E-state index is 14.3. The van der Waals surface area contributed by atoms with Crippen molar-refractivity contribution in [2.24, 2.45) is 0 Å². The fourth-order valence-electron chi connectivity index (χ4n) is 3.72. The van der Waals surface area contributed by atoms with Crippen LogP contribution in [0.4, 0.5) is 29.2 Å². The number of aromatic nitrogens is 3. The third-order valence-corrected chi connectivity index (χ3v) is 5.47. The molecule has 0 unspecified atom stereocenters. The topological polar surface area (TPSA) is 99.8 Å². The van der Waals surface area contributed by atoms with Gasteiger partial charge in [-0.15, -0.1) is 0 Å². The highest BCUT2D eigenvalue weighted by Crippen LogP contribution is 2.30. The number of fused-ring (bicyclic) bond motifs is 1. The second-order valence-corrected chi connectivity index (χ2v) is 7.82. The standard InChI is InChI=1S/C21H19F4N5O3/c1-11(27-18-15(20(32)33)6-12(22)9-26-18)14-7-13(23)10-30-17(31)8-16(28-19(14)30)29-4-2-21(24,25)3-5-29/h6-11H,2-5H2,1H3,(H,26,27)(H,32,33)/t11-/m1/s1. The Labute approximate surface area is 184 Å². The first-order valence-electron chi connectivity index (χ1n) is 10.0. The Morgan fingerprint density at radius 2 is 1.88 bits per heavy atom. The highest BCUT2D eigenvalue weighted by molar-refractivity contribution is 5.93. The third kappa shape index (κ3) is 4.59. The second kappa shape index (κ2) is 8.34. The molecule has 1 aliphatic heterocycles. The van der Waals surface area contributed by atoms with Crippen LogP contribution < -0.4 is 15.8 Å². The van der Waals surface area contributed by atoms with Crippen molar-refractivity contribution in [2.45, 2.75) is 31.7 Å². The lowest BCUT2D eigenvalue weighted by atomic mass is 10.1. The van der Waals surface area contributed by atoms with Gasteiger partial charge in [0.15, 0.2) is 0 Å². The predicted octanol–water partition coefficient (Wildman–Crippen LogP) is 3.47. The van der Waals surface area contributed by atoms with E-state index in [-0.39, 0.29) is 48.8 Å². The van der Waals surface area contributed by atoms with E-state index in [9.17, 15) is 32.3 Å². The summed E-state index contributed by atoms with van der Waals surface area (Å²) in [5.41, 5.74) is -0.775. The van der Waals surface area contributed by atoms with E-state index in [0.717, 1.165) is 35.0 Å². The van der Waals surface area contributed by atoms with E-state index >= 15 is 0 Å². The molecule has 174 valence electrons. The first-order valence-corrected chi connectivity index (χ1v) is 10.0. The van der Waals surface area contributed by atoms with Gasteiger partial charge in [0, 0.05) is 43.8 Å². The van der Waals surface area contributed by atoms with Crippen molar-refractivity contribution in [3.05, 3.63) is 63.7 Å². The van der Waals surface area contributed by atoms with Crippen LogP contribution in [0.15, 0.2) is 35.4 Å². The largest absolute Gasteiger partial charge is 0.478 e. The molecule has 1 fully saturated rings. The molecule has 0 radical (unpaired) electrons. The zero-order chi connectivity index (χ0) is 23.9. The minimum atomic E-state index is -2.78. The first kappa shape index (κ1) is 22.5. The highest BCUT2D eigenvalue weighted by Gasteiger charge is 2.34. The monoisotopic (exact) mass is 465 g/mol. The van der Waals surface area contributed by atoms with E-state index in [1.165, 1.54) is 0 Å². The molecule has 33 heavy (non-hydrogen) atoms. The second-order valence-electron chi connectivity index (χ2n) is 7.82. The minimum absolute atomic E-state index is 0.00140. The fraction of sp³-hybridized carbons (Fsp3) is 0.333. The zero-order valence-corrected chi connectivity index (χ0v) is 17.4. The molecular formula is C21H19F4N5O3. The van der Waals surface area contributed by atoms with Crippen LogP contribution in [0.1, 0.15) is 41.7 Å². The lowest BCUT2D eigenvalue weighted by molar-refractivity contribution is -0.0221. The molecule has 0 aromatic carbocycles. The molecule has 4 heterocycles. The Bertz CT molecular complexity index is 1290. The SMILES string of the molecule is C[C@@H](Nc1ncc(F)cc1C(=O)O)c1cc(F)cn2c(=O)cc(N3CCC(F)(F)CC3)nc12. The molecule has 4 rings (SSSR count). The van der Waals surface area contributed by atoms with Crippen LogP contribution in [0, 0.1) is 11.6 Å². The van der Waals surface area contributed by atoms with Crippen LogP contribution in [0.2, 0.25) is 0 Å². The van der Waals surface area contributed by atoms with Crippen LogP contribution in [-0.2, 0) is 0 Å². The summed E-state index contributed by atoms with van der Waals surface area (Å²) in [6.45, 7) is 1.56. The number of halogens is 4. The summed E-state index contributed by atoms with van der Waals surface area (Å²) in [4.78, 5) is 33.9. The third-order valence-electron chi connectivity index (χ3n) is 5.47. The Balaban J connectivity index is 1.75. The van der Waals surface area contributed by atoms with Gasteiger partial charge in [-0.25, -0.2) is 32.3 Å². The number of nitrogens with one attached hydrogen (secondary N) is 1. The number of aromatic carboxylic acids is 1. The zero-order valence-electron chi connectivity index (χ0n) is 17.4. The van der Waals surface area contributed by atoms with Gasteiger partial charge < -0.3 is 15.3 Å². The van der Waals surface area contributed by atoms with Crippen LogP contribution in [0.5, 0.6) is 0 Å². The summed E-state index contributed by atoms with van der Waals surface area (Å²) in [5, 5.41) is 12.1. The predicted molar refractivity (Wildman–Crippen MR) is 111 cm³/mol. The number of hydrogen-bond donors (Lipinski definition) is 2. The van der Waals surface area contributed by atoms with E-state index in [4.69, 9.17) is 0 Å². The highest BCUT2D eigenvalue weighted by atomic mass is 19.3. The van der Waals surface area contributed by atoms with Crippen molar-refractivity contribution in [3.63, 3.8) is 0 Å². The van der Waals surface area contributed by atoms with Crippen molar-refractivity contribution < 1.29 is 27.5 Å². The molecular weight excluding hydrogens is 446 g/mol. The van der Waals surface area contributed by atoms with E-state index < -0.39 is 40.7 Å². The number of nitrogens with zero attached hydrogens (tertiary/aromatic N) is 4. The number of anilines is 2. The number of hydrogen-bond acceptors (Lipinski definition) is 6. The summed E-state index contributed by atoms with van der Waals surface area (Å²) in [6.07, 6.45) is 1.03. The molecule has 2 N–H and O–H groups in total. The first-order chi connectivity index (χ1) is 15.5. The summed E-state index contributed by atoms with van der Waals surface area (Å²) in [6, 6.07) is 2.26. The van der Waals surface area contributed by atoms with Crippen LogP contribution in [-0.4, -0.2) is 44.5 Å². The summed E-state index contributed by atoms with van der Waals surface area (Å²) < 4.78 is 55.8. The van der Waals surface area contributed by atoms with Gasteiger partial charge in [-0.05, 0) is 19.1 Å². The van der Waals surface area contributed by atoms with Gasteiger partial charge in [0.1, 0.15) is 34.5 Å². The molecule has 1 atom stereocenters. The van der Waals surface area contributed by atoms with Crippen LogP contribution >= 0.6 is 0 Å². The number of carboxylic acid groups (broad SMARTS) is 1. The van der Waals surface area contributed by atoms with E-state index in [1.54, 1.807) is 11.8 Å². The lowest BCUT2D eigenvalue weighted by Gasteiger charge is -2.32. The molecule has 12 heteroatoms. The van der Waals surface area contributed by atoms with Crippen molar-refractivity contribution in [2.75, 3.05) is 23.3 Å². The van der Waals surface area contributed by atoms with E-state index in [2.05, 4.69) is 15.3 Å². The van der Waals surface area contributed by atoms with E-state index in [0.29, 0.717) is 0 Å². The molecule has 0 spiro atoms. The number of piperidine rings is 1. The molecule has 8 nitrogen and oxygen atoms in total. The van der Waals surface area contributed by atoms with Crippen molar-refractivity contribution >= 4 is 23.3 Å². The van der Waals surface area contributed by atoms with Crippen molar-refractivity contribution in [1.82, 2.24) is 14.4 Å². The van der Waals surface area contributed by atoms with Crippen LogP contribution in [0.25, 0.3) is 5.65 Å². The molecule has 1 saturated heterocycles. The van der Waals surface area contributed by atoms with Gasteiger partial charge in [-0.2, -0.15) is 0 Å². The van der Waals surface area contributed by atoms with Gasteiger partial charge in [-0.1, -0.05) is 0 Å². The Hall–Kier alpha value is -3.70. The molecule has 3 aromatic rings. The number of rotatable bonds is 5. The molecule has 3 aromatic heterocycles. The lowest BCUT2D eigenvalue weighted by Crippen LogP contribution is -2.40. The molecule has 0 amide bonds. The minimum Gasteiger partial charge on any atom is -0.478 e. The fourth-order valence-corrected chi connectivity index (χ4v) is 3.72. The number of pyridine rings is 2. The Kier molecular flexibility index (Phi) is 5.68. The molecule has 1 aliphatic rings. The quantitative estimate of drug-likeness (QED) is 0.557. The average Bonchev–Trinajstić information content (AvgIpc) is 2.74. The molecule has 0 bridgehead atoms. The summed E-state index contributed by atoms with van der Waals surface area (Å²) in [5.74, 6) is -5.76. The van der Waals surface area contributed by atoms with Gasteiger partial charge in [0.05, 0.1) is 12.2 Å². The Morgan fingerprint density at radius 3 is 2.55 bits per heavy atom. The van der Waals surface area contributed by atoms with Gasteiger partial charge in [-0.3, -0.25) is 9.20 Å². The summed E-state index contributed by atoms with van der Waals surface area (Å²) >= 11 is 0. The van der Waals surface area contributed by atoms with Crippen molar-refractivity contribution in [1.29, 1.82) is 0 Å². The normalized spacial score (nSPS) is 16.6. The van der Waals surface area contributed by atoms with Gasteiger partial charge >= 0.3 is 5.97 Å². The van der Waals surface area contributed by atoms with Crippen LogP contribution in [0.3, 0.4) is 0 Å². The number of alkyl halides is 2. The summed E-state index contributed by atoms with van der Waals surface area (Å²) in [7, 11) is 0. The average molecular weight is 465 g/mol.